The molecule has 0 saturated carbocycles. The van der Waals surface area contributed by atoms with Crippen LogP contribution >= 0.6 is 33.9 Å². The number of methoxy groups -OCH3 is 1. The summed E-state index contributed by atoms with van der Waals surface area (Å²) in [4.78, 5) is 42.4. The van der Waals surface area contributed by atoms with Crippen LogP contribution in [-0.4, -0.2) is 41.9 Å². The highest BCUT2D eigenvalue weighted by Gasteiger charge is 2.33. The minimum absolute atomic E-state index is 0.142. The van der Waals surface area contributed by atoms with Crippen molar-refractivity contribution in [3.05, 3.63) is 87.9 Å². The van der Waals surface area contributed by atoms with Gasteiger partial charge < -0.3 is 19.3 Å². The Morgan fingerprint density at radius 3 is 2.61 bits per heavy atom. The molecule has 0 fully saturated rings. The number of hydrogen-bond acceptors (Lipinski definition) is 8. The molecule has 38 heavy (non-hydrogen) atoms. The minimum atomic E-state index is -1.12. The van der Waals surface area contributed by atoms with Gasteiger partial charge in [0.1, 0.15) is 5.82 Å². The highest BCUT2D eigenvalue weighted by atomic mass is 127. The van der Waals surface area contributed by atoms with Crippen molar-refractivity contribution < 1.29 is 33.3 Å². The highest BCUT2D eigenvalue weighted by Crippen LogP contribution is 2.34. The van der Waals surface area contributed by atoms with Crippen molar-refractivity contribution in [2.24, 2.45) is 4.99 Å². The summed E-state index contributed by atoms with van der Waals surface area (Å²) in [6.45, 7) is 2.96. The Bertz CT molecular complexity index is 1630. The number of ether oxygens (including phenoxy) is 3. The van der Waals surface area contributed by atoms with E-state index in [1.807, 2.05) is 22.6 Å². The molecule has 2 aromatic carbocycles. The largest absolute Gasteiger partial charge is 0.493 e. The van der Waals surface area contributed by atoms with Crippen molar-refractivity contribution in [2.45, 2.75) is 19.9 Å². The van der Waals surface area contributed by atoms with Gasteiger partial charge in [-0.05, 0) is 77.9 Å². The molecule has 0 aliphatic carbocycles. The van der Waals surface area contributed by atoms with Gasteiger partial charge >= 0.3 is 11.9 Å². The number of thiazole rings is 1. The Morgan fingerprint density at radius 1 is 1.26 bits per heavy atom. The minimum Gasteiger partial charge on any atom is -0.493 e. The van der Waals surface area contributed by atoms with Crippen LogP contribution in [-0.2, 0) is 14.3 Å². The molecule has 0 radical (unpaired) electrons. The third kappa shape index (κ3) is 5.50. The lowest BCUT2D eigenvalue weighted by Crippen LogP contribution is -2.39. The van der Waals surface area contributed by atoms with Crippen molar-refractivity contribution in [1.82, 2.24) is 4.57 Å². The number of hydrogen-bond donors (Lipinski definition) is 1. The van der Waals surface area contributed by atoms with E-state index in [0.717, 1.165) is 11.3 Å². The number of carboxylic acids is 1. The Morgan fingerprint density at radius 2 is 1.97 bits per heavy atom. The summed E-state index contributed by atoms with van der Waals surface area (Å²) in [6, 6.07) is 8.09. The molecular weight excluding hydrogens is 630 g/mol. The number of aromatic nitrogens is 1. The van der Waals surface area contributed by atoms with Crippen LogP contribution in [0.4, 0.5) is 4.39 Å². The number of halogens is 2. The third-order valence-electron chi connectivity index (χ3n) is 5.59. The molecule has 3 aromatic rings. The van der Waals surface area contributed by atoms with Gasteiger partial charge in [0, 0.05) is 0 Å². The second-order valence-corrected chi connectivity index (χ2v) is 10.2. The van der Waals surface area contributed by atoms with E-state index in [1.165, 1.54) is 35.9 Å². The molecule has 198 valence electrons. The second-order valence-electron chi connectivity index (χ2n) is 8.07. The summed E-state index contributed by atoms with van der Waals surface area (Å²) in [5.41, 5.74) is 1.36. The fourth-order valence-corrected chi connectivity index (χ4v) is 5.83. The van der Waals surface area contributed by atoms with Crippen molar-refractivity contribution in [3.63, 3.8) is 0 Å². The quantitative estimate of drug-likeness (QED) is 0.294. The average Bonchev–Trinajstić information content (AvgIpc) is 3.16. The van der Waals surface area contributed by atoms with Gasteiger partial charge in [-0.3, -0.25) is 9.36 Å². The molecule has 12 heteroatoms. The number of esters is 1. The zero-order valence-corrected chi connectivity index (χ0v) is 23.5. The van der Waals surface area contributed by atoms with Gasteiger partial charge in [0.15, 0.2) is 22.9 Å². The average molecular weight is 652 g/mol. The van der Waals surface area contributed by atoms with Crippen molar-refractivity contribution in [1.29, 1.82) is 0 Å². The van der Waals surface area contributed by atoms with Crippen LogP contribution in [0.15, 0.2) is 57.5 Å². The summed E-state index contributed by atoms with van der Waals surface area (Å²) in [7, 11) is 1.43. The number of aliphatic carboxylic acids is 1. The third-order valence-corrected chi connectivity index (χ3v) is 7.38. The van der Waals surface area contributed by atoms with Crippen LogP contribution in [0.3, 0.4) is 0 Å². The maximum absolute atomic E-state index is 13.7. The first kappa shape index (κ1) is 27.5. The SMILES string of the molecule is CCOC(=O)C1=C(C)N=c2s/c(=C\c3cc(I)c(OCC(=O)O)c(OC)c3)c(=O)n2[C@H]1c1ccc(F)cc1. The molecule has 0 amide bonds. The van der Waals surface area contributed by atoms with Crippen molar-refractivity contribution >= 4 is 51.9 Å². The van der Waals surface area contributed by atoms with Gasteiger partial charge in [-0.15, -0.1) is 0 Å². The van der Waals surface area contributed by atoms with E-state index in [9.17, 15) is 18.8 Å². The van der Waals surface area contributed by atoms with Gasteiger partial charge in [0.2, 0.25) is 0 Å². The van der Waals surface area contributed by atoms with Gasteiger partial charge in [-0.1, -0.05) is 23.5 Å². The normalized spacial score (nSPS) is 15.1. The molecule has 1 aromatic heterocycles. The Labute approximate surface area is 233 Å². The van der Waals surface area contributed by atoms with Gasteiger partial charge in [-0.2, -0.15) is 0 Å². The monoisotopic (exact) mass is 652 g/mol. The molecule has 1 atom stereocenters. The molecule has 2 heterocycles. The molecule has 0 bridgehead atoms. The first-order chi connectivity index (χ1) is 18.1. The standard InChI is InChI=1S/C26H22FIN2O7S/c1-4-36-25(34)21-13(2)29-26-30(22(21)15-5-7-16(27)8-6-15)24(33)19(38-26)11-14-9-17(28)23(18(10-14)35-3)37-12-20(31)32/h5-11,22H,4,12H2,1-3H3,(H,31,32)/b19-11-/t22-/m0/s1. The van der Waals surface area contributed by atoms with Crippen LogP contribution in [0.25, 0.3) is 6.08 Å². The molecule has 1 aliphatic heterocycles. The lowest BCUT2D eigenvalue weighted by Gasteiger charge is -2.24. The van der Waals surface area contributed by atoms with Crippen LogP contribution in [0.1, 0.15) is 31.0 Å². The predicted molar refractivity (Wildman–Crippen MR) is 146 cm³/mol. The molecule has 9 nitrogen and oxygen atoms in total. The molecular formula is C26H22FIN2O7S. The Hall–Kier alpha value is -3.52. The first-order valence-electron chi connectivity index (χ1n) is 11.3. The van der Waals surface area contributed by atoms with E-state index in [4.69, 9.17) is 19.3 Å². The number of carbonyl (C=O) groups is 2. The van der Waals surface area contributed by atoms with Crippen molar-refractivity contribution in [2.75, 3.05) is 20.3 Å². The lowest BCUT2D eigenvalue weighted by atomic mass is 9.96. The predicted octanol–water partition coefficient (Wildman–Crippen LogP) is 3.01. The van der Waals surface area contributed by atoms with Crippen LogP contribution in [0.5, 0.6) is 11.5 Å². The Balaban J connectivity index is 1.88. The summed E-state index contributed by atoms with van der Waals surface area (Å²) in [5.74, 6) is -1.59. The summed E-state index contributed by atoms with van der Waals surface area (Å²) < 4.78 is 32.0. The number of fused-ring (bicyclic) bond motifs is 1. The maximum atomic E-state index is 13.7. The maximum Gasteiger partial charge on any atom is 0.341 e. The number of allylic oxidation sites excluding steroid dienone is 1. The molecule has 0 unspecified atom stereocenters. The molecule has 0 spiro atoms. The highest BCUT2D eigenvalue weighted by molar-refractivity contribution is 14.1. The zero-order chi connectivity index (χ0) is 27.6. The van der Waals surface area contributed by atoms with E-state index in [0.29, 0.717) is 35.5 Å². The smallest absolute Gasteiger partial charge is 0.341 e. The van der Waals surface area contributed by atoms with E-state index in [-0.39, 0.29) is 17.9 Å². The van der Waals surface area contributed by atoms with E-state index in [1.54, 1.807) is 32.1 Å². The van der Waals surface area contributed by atoms with E-state index >= 15 is 0 Å². The number of benzene rings is 2. The van der Waals surface area contributed by atoms with E-state index in [2.05, 4.69) is 4.99 Å². The summed E-state index contributed by atoms with van der Waals surface area (Å²) >= 11 is 3.14. The summed E-state index contributed by atoms with van der Waals surface area (Å²) in [6.07, 6.45) is 1.65. The number of carbonyl (C=O) groups excluding carboxylic acids is 1. The number of carboxylic acid groups (broad SMARTS) is 1. The number of rotatable bonds is 8. The molecule has 4 rings (SSSR count). The van der Waals surface area contributed by atoms with Crippen LogP contribution < -0.4 is 24.4 Å². The fraction of sp³-hybridized carbons (Fsp3) is 0.231. The Kier molecular flexibility index (Phi) is 8.31. The first-order valence-corrected chi connectivity index (χ1v) is 13.2. The van der Waals surface area contributed by atoms with Gasteiger partial charge in [-0.25, -0.2) is 19.0 Å². The lowest BCUT2D eigenvalue weighted by molar-refractivity contribution is -0.140. The molecule has 1 aliphatic rings. The molecule has 0 saturated heterocycles. The van der Waals surface area contributed by atoms with Crippen molar-refractivity contribution in [3.8, 4) is 11.5 Å². The van der Waals surface area contributed by atoms with Crippen LogP contribution in [0, 0.1) is 9.39 Å². The fourth-order valence-electron chi connectivity index (χ4n) is 4.00. The summed E-state index contributed by atoms with van der Waals surface area (Å²) in [5, 5.41) is 8.94. The van der Waals surface area contributed by atoms with Gasteiger partial charge in [0.05, 0.1) is 39.1 Å². The zero-order valence-electron chi connectivity index (χ0n) is 20.5. The van der Waals surface area contributed by atoms with Crippen LogP contribution in [0.2, 0.25) is 0 Å². The second kappa shape index (κ2) is 11.5. The topological polar surface area (TPSA) is 116 Å². The van der Waals surface area contributed by atoms with E-state index < -0.39 is 36.0 Å². The number of nitrogens with zero attached hydrogens (tertiary/aromatic N) is 2. The molecule has 1 N–H and O–H groups in total. The van der Waals surface area contributed by atoms with Gasteiger partial charge in [0.25, 0.3) is 5.56 Å².